The van der Waals surface area contributed by atoms with Crippen LogP contribution in [-0.2, 0) is 9.53 Å². The normalized spacial score (nSPS) is 27.0. The Balaban J connectivity index is 1.11. The van der Waals surface area contributed by atoms with Crippen molar-refractivity contribution in [2.45, 2.75) is 50.2 Å². The summed E-state index contributed by atoms with van der Waals surface area (Å²) >= 11 is 0. The number of amides is 1. The van der Waals surface area contributed by atoms with Crippen LogP contribution in [0.25, 0.3) is 22.7 Å². The number of hydrogen-bond donors (Lipinski definition) is 1. The van der Waals surface area contributed by atoms with Gasteiger partial charge in [0, 0.05) is 31.7 Å². The van der Waals surface area contributed by atoms with Crippen LogP contribution in [0.1, 0.15) is 43.8 Å². The lowest BCUT2D eigenvalue weighted by Crippen LogP contribution is -2.49. The zero-order valence-corrected chi connectivity index (χ0v) is 18.5. The van der Waals surface area contributed by atoms with Crippen molar-refractivity contribution in [1.82, 2.24) is 29.8 Å². The lowest BCUT2D eigenvalue weighted by Gasteiger charge is -2.36. The zero-order valence-electron chi connectivity index (χ0n) is 18.5. The third-order valence-electron chi connectivity index (χ3n) is 7.47. The Morgan fingerprint density at radius 3 is 2.85 bits per heavy atom. The molecular formula is C24H27N7O2. The molecule has 33 heavy (non-hydrogen) atoms. The predicted molar refractivity (Wildman–Crippen MR) is 122 cm³/mol. The lowest BCUT2D eigenvalue weighted by atomic mass is 9.96. The summed E-state index contributed by atoms with van der Waals surface area (Å²) < 4.78 is 5.67. The predicted octanol–water partition coefficient (Wildman–Crippen LogP) is 2.51. The SMILES string of the molecule is O=C([C@@H]1CCCN(c2ccc3[nH]c(-c4ccnc(C5CC5)n4)nc3n2)C1)N1C[C@H]2C[C@@H]1CO2. The highest BCUT2D eigenvalue weighted by atomic mass is 16.5. The molecule has 1 aliphatic carbocycles. The van der Waals surface area contributed by atoms with E-state index in [4.69, 9.17) is 19.7 Å². The second kappa shape index (κ2) is 7.48. The number of H-pyrrole nitrogens is 1. The minimum Gasteiger partial charge on any atom is -0.374 e. The maximum atomic E-state index is 13.2. The average Bonchev–Trinajstić information content (AvgIpc) is 3.28. The largest absolute Gasteiger partial charge is 0.374 e. The number of pyridine rings is 1. The standard InChI is InChI=1S/C24H27N7O2/c32-24(31-12-17-10-16(31)13-33-17)15-2-1-9-30(11-15)20-6-5-18-23(28-20)29-22(27-18)19-7-8-25-21(26-19)14-3-4-14/h5-8,14-17H,1-4,9-13H2,(H,27,28,29)/t15-,16-,17-/m1/s1. The number of nitrogens with one attached hydrogen (secondary N) is 1. The summed E-state index contributed by atoms with van der Waals surface area (Å²) in [6.45, 7) is 3.07. The number of morpholine rings is 1. The molecule has 0 radical (unpaired) electrons. The molecule has 0 unspecified atom stereocenters. The van der Waals surface area contributed by atoms with Crippen molar-refractivity contribution in [3.05, 3.63) is 30.2 Å². The Kier molecular flexibility index (Phi) is 4.40. The summed E-state index contributed by atoms with van der Waals surface area (Å²) in [5, 5.41) is 0. The molecule has 170 valence electrons. The highest BCUT2D eigenvalue weighted by molar-refractivity contribution is 5.81. The van der Waals surface area contributed by atoms with Gasteiger partial charge in [0.15, 0.2) is 11.5 Å². The van der Waals surface area contributed by atoms with E-state index in [1.165, 1.54) is 12.8 Å². The van der Waals surface area contributed by atoms with Crippen LogP contribution in [0.5, 0.6) is 0 Å². The number of piperidine rings is 1. The highest BCUT2D eigenvalue weighted by Crippen LogP contribution is 2.38. The van der Waals surface area contributed by atoms with Crippen LogP contribution in [-0.4, -0.2) is 74.1 Å². The first-order valence-corrected chi connectivity index (χ1v) is 12.1. The molecular weight excluding hydrogens is 418 g/mol. The number of ether oxygens (including phenoxy) is 1. The molecule has 3 atom stereocenters. The van der Waals surface area contributed by atoms with Crippen LogP contribution >= 0.6 is 0 Å². The number of carbonyl (C=O) groups excluding carboxylic acids is 1. The summed E-state index contributed by atoms with van der Waals surface area (Å²) in [5.74, 6) is 3.31. The molecule has 1 amide bonds. The van der Waals surface area contributed by atoms with E-state index >= 15 is 0 Å². The molecule has 3 aromatic heterocycles. The average molecular weight is 446 g/mol. The maximum Gasteiger partial charge on any atom is 0.227 e. The quantitative estimate of drug-likeness (QED) is 0.659. The van der Waals surface area contributed by atoms with Gasteiger partial charge in [-0.3, -0.25) is 4.79 Å². The molecule has 2 bridgehead atoms. The van der Waals surface area contributed by atoms with Crippen molar-refractivity contribution in [3.63, 3.8) is 0 Å². The summed E-state index contributed by atoms with van der Waals surface area (Å²) in [6, 6.07) is 6.22. The lowest BCUT2D eigenvalue weighted by molar-refractivity contribution is -0.140. The van der Waals surface area contributed by atoms with Gasteiger partial charge in [-0.25, -0.2) is 19.9 Å². The topological polar surface area (TPSA) is 100 Å². The Bertz CT molecular complexity index is 1220. The second-order valence-corrected chi connectivity index (χ2v) is 9.82. The van der Waals surface area contributed by atoms with Crippen molar-refractivity contribution in [2.75, 3.05) is 31.1 Å². The second-order valence-electron chi connectivity index (χ2n) is 9.82. The van der Waals surface area contributed by atoms with E-state index in [9.17, 15) is 4.79 Å². The van der Waals surface area contributed by atoms with Crippen molar-refractivity contribution in [1.29, 1.82) is 0 Å². The van der Waals surface area contributed by atoms with Gasteiger partial charge in [0.2, 0.25) is 5.91 Å². The van der Waals surface area contributed by atoms with E-state index in [1.54, 1.807) is 0 Å². The number of carbonyl (C=O) groups is 1. The number of anilines is 1. The van der Waals surface area contributed by atoms with Crippen LogP contribution in [0.2, 0.25) is 0 Å². The van der Waals surface area contributed by atoms with Gasteiger partial charge in [0.05, 0.1) is 30.2 Å². The van der Waals surface area contributed by atoms with Gasteiger partial charge in [-0.15, -0.1) is 0 Å². The summed E-state index contributed by atoms with van der Waals surface area (Å²) in [6.07, 6.45) is 7.32. The third kappa shape index (κ3) is 3.45. The number of hydrogen-bond acceptors (Lipinski definition) is 7. The van der Waals surface area contributed by atoms with Crippen molar-refractivity contribution >= 4 is 22.9 Å². The van der Waals surface area contributed by atoms with Crippen LogP contribution in [0.15, 0.2) is 24.4 Å². The van der Waals surface area contributed by atoms with Crippen LogP contribution in [0.3, 0.4) is 0 Å². The van der Waals surface area contributed by atoms with E-state index < -0.39 is 0 Å². The first kappa shape index (κ1) is 19.4. The third-order valence-corrected chi connectivity index (χ3v) is 7.47. The number of likely N-dealkylation sites (tertiary alicyclic amines) is 1. The fourth-order valence-electron chi connectivity index (χ4n) is 5.51. The minimum absolute atomic E-state index is 0.0206. The smallest absolute Gasteiger partial charge is 0.227 e. The van der Waals surface area contributed by atoms with Crippen molar-refractivity contribution < 1.29 is 9.53 Å². The zero-order chi connectivity index (χ0) is 21.9. The molecule has 6 heterocycles. The molecule has 0 spiro atoms. The molecule has 1 N–H and O–H groups in total. The number of aromatic amines is 1. The van der Waals surface area contributed by atoms with Gasteiger partial charge in [-0.1, -0.05) is 0 Å². The van der Waals surface area contributed by atoms with Gasteiger partial charge in [-0.05, 0) is 50.3 Å². The molecule has 3 aromatic rings. The maximum absolute atomic E-state index is 13.2. The number of imidazole rings is 1. The number of fused-ring (bicyclic) bond motifs is 3. The van der Waals surface area contributed by atoms with Crippen molar-refractivity contribution in [2.24, 2.45) is 5.92 Å². The summed E-state index contributed by atoms with van der Waals surface area (Å²) in [4.78, 5) is 39.5. The Morgan fingerprint density at radius 1 is 1.09 bits per heavy atom. The fraction of sp³-hybridized carbons (Fsp3) is 0.542. The molecule has 4 fully saturated rings. The molecule has 0 aromatic carbocycles. The Morgan fingerprint density at radius 2 is 2.03 bits per heavy atom. The van der Waals surface area contributed by atoms with Crippen LogP contribution in [0, 0.1) is 5.92 Å². The monoisotopic (exact) mass is 445 g/mol. The summed E-state index contributed by atoms with van der Waals surface area (Å²) in [7, 11) is 0. The van der Waals surface area contributed by atoms with Crippen LogP contribution < -0.4 is 4.90 Å². The summed E-state index contributed by atoms with van der Waals surface area (Å²) in [5.41, 5.74) is 2.37. The van der Waals surface area contributed by atoms with E-state index in [1.807, 2.05) is 24.4 Å². The Hall–Kier alpha value is -3.07. The number of nitrogens with zero attached hydrogens (tertiary/aromatic N) is 6. The van der Waals surface area contributed by atoms with Gasteiger partial charge in [-0.2, -0.15) is 0 Å². The number of aromatic nitrogens is 5. The number of rotatable bonds is 4. The highest BCUT2D eigenvalue weighted by Gasteiger charge is 2.43. The van der Waals surface area contributed by atoms with Gasteiger partial charge >= 0.3 is 0 Å². The molecule has 7 rings (SSSR count). The van der Waals surface area contributed by atoms with E-state index in [2.05, 4.69) is 19.8 Å². The van der Waals surface area contributed by atoms with Gasteiger partial charge in [0.1, 0.15) is 17.3 Å². The van der Waals surface area contributed by atoms with Gasteiger partial charge < -0.3 is 19.5 Å². The van der Waals surface area contributed by atoms with Crippen LogP contribution in [0.4, 0.5) is 5.82 Å². The van der Waals surface area contributed by atoms with E-state index in [-0.39, 0.29) is 24.0 Å². The van der Waals surface area contributed by atoms with E-state index in [0.717, 1.165) is 61.0 Å². The fourth-order valence-corrected chi connectivity index (χ4v) is 5.51. The molecule has 3 aliphatic heterocycles. The molecule has 9 heteroatoms. The first-order chi connectivity index (χ1) is 16.2. The molecule has 9 nitrogen and oxygen atoms in total. The molecule has 3 saturated heterocycles. The van der Waals surface area contributed by atoms with Crippen molar-refractivity contribution in [3.8, 4) is 11.5 Å². The van der Waals surface area contributed by atoms with Gasteiger partial charge in [0.25, 0.3) is 0 Å². The first-order valence-electron chi connectivity index (χ1n) is 12.1. The molecule has 4 aliphatic rings. The van der Waals surface area contributed by atoms with E-state index in [0.29, 0.717) is 24.7 Å². The minimum atomic E-state index is 0.0206. The Labute approximate surface area is 191 Å². The molecule has 1 saturated carbocycles.